The van der Waals surface area contributed by atoms with Crippen LogP contribution in [0.25, 0.3) is 0 Å². The average Bonchev–Trinajstić information content (AvgIpc) is 2.65. The largest absolute Gasteiger partial charge is 0.488 e. The predicted octanol–water partition coefficient (Wildman–Crippen LogP) is 4.01. The number of carbonyl (C=O) groups excluding carboxylic acids is 1. The van der Waals surface area contributed by atoms with Gasteiger partial charge in [-0.3, -0.25) is 4.79 Å². The fourth-order valence-electron chi connectivity index (χ4n) is 3.03. The van der Waals surface area contributed by atoms with E-state index in [0.717, 1.165) is 17.7 Å². The molecule has 0 aliphatic rings. The summed E-state index contributed by atoms with van der Waals surface area (Å²) < 4.78 is 17.2. The molecule has 0 fully saturated rings. The summed E-state index contributed by atoms with van der Waals surface area (Å²) >= 11 is 0. The normalized spacial score (nSPS) is 13.0. The van der Waals surface area contributed by atoms with E-state index in [0.29, 0.717) is 38.6 Å². The number of rotatable bonds is 13. The third kappa shape index (κ3) is 10.4. The van der Waals surface area contributed by atoms with Gasteiger partial charge >= 0.3 is 0 Å². The molecular weight excluding hydrogens is 380 g/mol. The van der Waals surface area contributed by atoms with E-state index in [9.17, 15) is 4.79 Å². The number of benzene rings is 1. The maximum Gasteiger partial charge on any atom is 0.240 e. The molecule has 1 amide bonds. The Hall–Kier alpha value is -1.63. The van der Waals surface area contributed by atoms with E-state index >= 15 is 0 Å². The molecule has 1 aromatic rings. The van der Waals surface area contributed by atoms with Gasteiger partial charge in [0.25, 0.3) is 0 Å². The summed E-state index contributed by atoms with van der Waals surface area (Å²) in [6, 6.07) is 7.17. The first-order valence-electron chi connectivity index (χ1n) is 11.1. The maximum atomic E-state index is 13.1. The molecular formula is C24H42N2O4. The fourth-order valence-corrected chi connectivity index (χ4v) is 3.03. The molecule has 0 unspecified atom stereocenters. The van der Waals surface area contributed by atoms with Crippen LogP contribution >= 0.6 is 0 Å². The minimum atomic E-state index is -0.615. The summed E-state index contributed by atoms with van der Waals surface area (Å²) in [6.45, 7) is 16.3. The van der Waals surface area contributed by atoms with Crippen LogP contribution in [0.5, 0.6) is 5.75 Å². The molecule has 1 aromatic carbocycles. The second-order valence-electron chi connectivity index (χ2n) is 8.98. The molecule has 2 N–H and O–H groups in total. The zero-order valence-electron chi connectivity index (χ0n) is 19.9. The van der Waals surface area contributed by atoms with E-state index in [2.05, 4.69) is 13.8 Å². The third-order valence-electron chi connectivity index (χ3n) is 4.48. The van der Waals surface area contributed by atoms with Gasteiger partial charge in [-0.15, -0.1) is 0 Å². The van der Waals surface area contributed by atoms with Crippen molar-refractivity contribution in [2.75, 3.05) is 26.3 Å². The molecule has 6 heteroatoms. The Labute approximate surface area is 183 Å². The molecule has 6 nitrogen and oxygen atoms in total. The quantitative estimate of drug-likeness (QED) is 0.486. The molecule has 0 radical (unpaired) electrons. The van der Waals surface area contributed by atoms with Gasteiger partial charge in [0.2, 0.25) is 5.91 Å². The lowest BCUT2D eigenvalue weighted by atomic mass is 10.0. The first-order valence-corrected chi connectivity index (χ1v) is 11.1. The van der Waals surface area contributed by atoms with Crippen LogP contribution in [-0.2, 0) is 20.7 Å². The average molecular weight is 423 g/mol. The Morgan fingerprint density at radius 1 is 1.07 bits per heavy atom. The summed E-state index contributed by atoms with van der Waals surface area (Å²) in [7, 11) is 0. The minimum Gasteiger partial charge on any atom is -0.488 e. The van der Waals surface area contributed by atoms with Crippen LogP contribution in [0.3, 0.4) is 0 Å². The van der Waals surface area contributed by atoms with Crippen molar-refractivity contribution >= 4 is 5.91 Å². The molecule has 0 aromatic heterocycles. The Bertz CT molecular complexity index is 605. The molecule has 172 valence electrons. The number of amides is 1. The van der Waals surface area contributed by atoms with E-state index in [1.54, 1.807) is 4.90 Å². The van der Waals surface area contributed by atoms with Crippen LogP contribution in [0.15, 0.2) is 24.3 Å². The fraction of sp³-hybridized carbons (Fsp3) is 0.708. The van der Waals surface area contributed by atoms with Crippen LogP contribution in [-0.4, -0.2) is 55.0 Å². The van der Waals surface area contributed by atoms with Gasteiger partial charge < -0.3 is 24.8 Å². The SMILES string of the molecule is CCOC(CN(CCC(C)C)C(=O)[C@@H](N)Cc1ccc(OC(C)(C)C)cc1)OCC. The highest BCUT2D eigenvalue weighted by molar-refractivity contribution is 5.82. The Balaban J connectivity index is 2.80. The summed E-state index contributed by atoms with van der Waals surface area (Å²) in [4.78, 5) is 14.9. The lowest BCUT2D eigenvalue weighted by Crippen LogP contribution is -2.49. The van der Waals surface area contributed by atoms with Crippen LogP contribution in [0.2, 0.25) is 0 Å². The van der Waals surface area contributed by atoms with Gasteiger partial charge in [-0.1, -0.05) is 26.0 Å². The lowest BCUT2D eigenvalue weighted by Gasteiger charge is -2.30. The van der Waals surface area contributed by atoms with E-state index in [1.807, 2.05) is 58.9 Å². The van der Waals surface area contributed by atoms with Crippen LogP contribution in [0.4, 0.5) is 0 Å². The topological polar surface area (TPSA) is 74.0 Å². The van der Waals surface area contributed by atoms with Crippen molar-refractivity contribution in [3.05, 3.63) is 29.8 Å². The Morgan fingerprint density at radius 3 is 2.10 bits per heavy atom. The van der Waals surface area contributed by atoms with Crippen LogP contribution in [0, 0.1) is 5.92 Å². The molecule has 0 heterocycles. The number of hydrogen-bond acceptors (Lipinski definition) is 5. The summed E-state index contributed by atoms with van der Waals surface area (Å²) in [5, 5.41) is 0. The lowest BCUT2D eigenvalue weighted by molar-refractivity contribution is -0.159. The number of hydrogen-bond donors (Lipinski definition) is 1. The molecule has 0 aliphatic carbocycles. The molecule has 1 rings (SSSR count). The van der Waals surface area contributed by atoms with Crippen molar-refractivity contribution in [2.24, 2.45) is 11.7 Å². The summed E-state index contributed by atoms with van der Waals surface area (Å²) in [5.41, 5.74) is 7.07. The first-order chi connectivity index (χ1) is 14.1. The van der Waals surface area contributed by atoms with Crippen molar-refractivity contribution in [1.29, 1.82) is 0 Å². The van der Waals surface area contributed by atoms with Gasteiger partial charge in [0.15, 0.2) is 6.29 Å². The van der Waals surface area contributed by atoms with Gasteiger partial charge in [0, 0.05) is 19.8 Å². The van der Waals surface area contributed by atoms with E-state index in [4.69, 9.17) is 19.9 Å². The van der Waals surface area contributed by atoms with Crippen molar-refractivity contribution in [3.8, 4) is 5.75 Å². The highest BCUT2D eigenvalue weighted by Gasteiger charge is 2.25. The molecule has 0 spiro atoms. The van der Waals surface area contributed by atoms with Crippen LogP contribution in [0.1, 0.15) is 60.5 Å². The third-order valence-corrected chi connectivity index (χ3v) is 4.48. The zero-order chi connectivity index (χ0) is 22.7. The number of ether oxygens (including phenoxy) is 3. The predicted molar refractivity (Wildman–Crippen MR) is 122 cm³/mol. The van der Waals surface area contributed by atoms with Crippen molar-refractivity contribution in [1.82, 2.24) is 4.90 Å². The van der Waals surface area contributed by atoms with Gasteiger partial charge in [-0.25, -0.2) is 0 Å². The Kier molecular flexibility index (Phi) is 11.4. The molecule has 0 saturated heterocycles. The summed E-state index contributed by atoms with van der Waals surface area (Å²) in [5.74, 6) is 1.22. The number of carbonyl (C=O) groups is 1. The first kappa shape index (κ1) is 26.4. The molecule has 0 aliphatic heterocycles. The number of nitrogens with zero attached hydrogens (tertiary/aromatic N) is 1. The maximum absolute atomic E-state index is 13.1. The standard InChI is InChI=1S/C24H42N2O4/c1-8-28-22(29-9-2)17-26(15-14-18(3)4)23(27)21(25)16-19-10-12-20(13-11-19)30-24(5,6)7/h10-13,18,21-22H,8-9,14-17,25H2,1-7H3/t21-/m0/s1. The molecule has 30 heavy (non-hydrogen) atoms. The highest BCUT2D eigenvalue weighted by atomic mass is 16.7. The van der Waals surface area contributed by atoms with Crippen molar-refractivity contribution in [2.45, 2.75) is 79.2 Å². The molecule has 0 saturated carbocycles. The number of nitrogens with two attached hydrogens (primary N) is 1. The minimum absolute atomic E-state index is 0.0740. The van der Waals surface area contributed by atoms with E-state index < -0.39 is 12.3 Å². The van der Waals surface area contributed by atoms with Crippen molar-refractivity contribution in [3.63, 3.8) is 0 Å². The second-order valence-corrected chi connectivity index (χ2v) is 8.98. The van der Waals surface area contributed by atoms with Gasteiger partial charge in [-0.05, 0) is 71.1 Å². The highest BCUT2D eigenvalue weighted by Crippen LogP contribution is 2.19. The monoisotopic (exact) mass is 422 g/mol. The summed E-state index contributed by atoms with van der Waals surface area (Å²) in [6.07, 6.45) is 0.945. The van der Waals surface area contributed by atoms with E-state index in [1.165, 1.54) is 0 Å². The van der Waals surface area contributed by atoms with Gasteiger partial charge in [0.1, 0.15) is 11.4 Å². The van der Waals surface area contributed by atoms with Gasteiger partial charge in [0.05, 0.1) is 12.6 Å². The van der Waals surface area contributed by atoms with E-state index in [-0.39, 0.29) is 11.5 Å². The van der Waals surface area contributed by atoms with Gasteiger partial charge in [-0.2, -0.15) is 0 Å². The molecule has 1 atom stereocenters. The second kappa shape index (κ2) is 12.9. The smallest absolute Gasteiger partial charge is 0.240 e. The van der Waals surface area contributed by atoms with Crippen molar-refractivity contribution < 1.29 is 19.0 Å². The Morgan fingerprint density at radius 2 is 1.63 bits per heavy atom. The zero-order valence-corrected chi connectivity index (χ0v) is 19.9. The van der Waals surface area contributed by atoms with Crippen LogP contribution < -0.4 is 10.5 Å². The molecule has 0 bridgehead atoms.